The molecular weight excluding hydrogens is 506 g/mol. The summed E-state index contributed by atoms with van der Waals surface area (Å²) in [6.07, 6.45) is 3.13. The Labute approximate surface area is 239 Å². The number of hydrogen-bond donors (Lipinski definition) is 3. The number of aliphatic hydroxyl groups excluding tert-OH is 1. The van der Waals surface area contributed by atoms with Gasteiger partial charge in [0.2, 0.25) is 17.7 Å². The highest BCUT2D eigenvalue weighted by Gasteiger charge is 2.79. The topological polar surface area (TPSA) is 108 Å². The molecule has 0 saturated carbocycles. The molecule has 3 amide bonds. The summed E-state index contributed by atoms with van der Waals surface area (Å²) in [6.45, 7) is 16.1. The molecule has 3 aliphatic heterocycles. The second kappa shape index (κ2) is 10.8. The molecule has 2 bridgehead atoms. The summed E-state index contributed by atoms with van der Waals surface area (Å²) in [4.78, 5) is 44.4. The Morgan fingerprint density at radius 3 is 2.30 bits per heavy atom. The van der Waals surface area contributed by atoms with Gasteiger partial charge in [-0.1, -0.05) is 66.2 Å². The molecular formula is C32H49N3O5. The van der Waals surface area contributed by atoms with E-state index in [0.29, 0.717) is 24.9 Å². The van der Waals surface area contributed by atoms with Gasteiger partial charge in [0.25, 0.3) is 0 Å². The number of carbonyl (C=O) groups excluding carboxylic acids is 3. The van der Waals surface area contributed by atoms with Crippen molar-refractivity contribution >= 4 is 23.4 Å². The van der Waals surface area contributed by atoms with Crippen LogP contribution < -0.4 is 10.6 Å². The van der Waals surface area contributed by atoms with E-state index in [9.17, 15) is 19.5 Å². The van der Waals surface area contributed by atoms with Gasteiger partial charge in [-0.25, -0.2) is 0 Å². The van der Waals surface area contributed by atoms with Gasteiger partial charge in [-0.3, -0.25) is 14.4 Å². The van der Waals surface area contributed by atoms with Crippen LogP contribution in [0, 0.1) is 23.2 Å². The maximum atomic E-state index is 14.5. The molecule has 3 aliphatic rings. The Balaban J connectivity index is 1.78. The average Bonchev–Trinajstić information content (AvgIpc) is 3.47. The number of likely N-dealkylation sites (tertiary alicyclic amines) is 1. The first-order valence-corrected chi connectivity index (χ1v) is 15.0. The number of fused-ring (bicyclic) bond motifs is 1. The van der Waals surface area contributed by atoms with Crippen LogP contribution in [-0.2, 0) is 19.1 Å². The molecule has 0 radical (unpaired) electrons. The summed E-state index contributed by atoms with van der Waals surface area (Å²) >= 11 is 0. The van der Waals surface area contributed by atoms with Crippen LogP contribution in [0.1, 0.15) is 87.5 Å². The lowest BCUT2D eigenvalue weighted by Gasteiger charge is -2.41. The van der Waals surface area contributed by atoms with Gasteiger partial charge in [-0.15, -0.1) is 0 Å². The number of para-hydroxylation sites is 1. The van der Waals surface area contributed by atoms with Crippen LogP contribution >= 0.6 is 0 Å². The molecule has 1 spiro atoms. The molecule has 8 heteroatoms. The fourth-order valence-electron chi connectivity index (χ4n) is 8.04. The Morgan fingerprint density at radius 1 is 1.10 bits per heavy atom. The number of anilines is 1. The maximum absolute atomic E-state index is 14.5. The predicted molar refractivity (Wildman–Crippen MR) is 155 cm³/mol. The van der Waals surface area contributed by atoms with E-state index in [4.69, 9.17) is 4.74 Å². The van der Waals surface area contributed by atoms with E-state index in [2.05, 4.69) is 31.4 Å². The molecule has 4 rings (SSSR count). The molecule has 2 unspecified atom stereocenters. The summed E-state index contributed by atoms with van der Waals surface area (Å²) in [7, 11) is 0. The lowest BCUT2D eigenvalue weighted by atomic mass is 9.65. The van der Waals surface area contributed by atoms with Crippen LogP contribution in [0.5, 0.6) is 0 Å². The molecule has 3 fully saturated rings. The fourth-order valence-corrected chi connectivity index (χ4v) is 8.04. The first-order valence-electron chi connectivity index (χ1n) is 15.0. The second-order valence-electron chi connectivity index (χ2n) is 14.2. The Hall–Kier alpha value is -2.45. The van der Waals surface area contributed by atoms with Gasteiger partial charge in [0.05, 0.1) is 30.1 Å². The van der Waals surface area contributed by atoms with Gasteiger partial charge in [0, 0.05) is 11.2 Å². The van der Waals surface area contributed by atoms with Crippen LogP contribution in [0.3, 0.4) is 0 Å². The zero-order chi connectivity index (χ0) is 29.7. The normalized spacial score (nSPS) is 31.2. The Morgan fingerprint density at radius 2 is 1.75 bits per heavy atom. The maximum Gasteiger partial charge on any atom is 0.246 e. The molecule has 7 atom stereocenters. The number of ether oxygens (including phenoxy) is 1. The van der Waals surface area contributed by atoms with E-state index in [1.807, 2.05) is 65.0 Å². The van der Waals surface area contributed by atoms with Crippen molar-refractivity contribution in [2.24, 2.45) is 23.2 Å². The lowest BCUT2D eigenvalue weighted by molar-refractivity contribution is -0.152. The third kappa shape index (κ3) is 5.18. The Kier molecular flexibility index (Phi) is 8.20. The van der Waals surface area contributed by atoms with E-state index in [0.717, 1.165) is 12.8 Å². The Bertz CT molecular complexity index is 1120. The summed E-state index contributed by atoms with van der Waals surface area (Å²) in [5.74, 6) is -2.39. The quantitative estimate of drug-likeness (QED) is 0.394. The van der Waals surface area contributed by atoms with Crippen molar-refractivity contribution in [2.75, 3.05) is 11.9 Å². The summed E-state index contributed by atoms with van der Waals surface area (Å²) in [5.41, 5.74) is -1.86. The average molecular weight is 556 g/mol. The molecule has 0 aromatic heterocycles. The van der Waals surface area contributed by atoms with Crippen molar-refractivity contribution < 1.29 is 24.2 Å². The highest BCUT2D eigenvalue weighted by Crippen LogP contribution is 2.64. The minimum atomic E-state index is -1.13. The number of nitrogens with one attached hydrogen (secondary N) is 2. The van der Waals surface area contributed by atoms with Gasteiger partial charge in [-0.05, 0) is 63.0 Å². The van der Waals surface area contributed by atoms with Crippen molar-refractivity contribution in [3.05, 3.63) is 30.3 Å². The van der Waals surface area contributed by atoms with Gasteiger partial charge >= 0.3 is 0 Å². The van der Waals surface area contributed by atoms with Crippen molar-refractivity contribution in [1.29, 1.82) is 0 Å². The number of hydrogen-bond acceptors (Lipinski definition) is 5. The molecule has 1 aromatic rings. The molecule has 1 aromatic carbocycles. The van der Waals surface area contributed by atoms with Gasteiger partial charge < -0.3 is 25.4 Å². The van der Waals surface area contributed by atoms with Gasteiger partial charge in [-0.2, -0.15) is 0 Å². The smallest absolute Gasteiger partial charge is 0.246 e. The first kappa shape index (κ1) is 30.5. The number of rotatable bonds is 10. The van der Waals surface area contributed by atoms with Gasteiger partial charge in [0.1, 0.15) is 11.6 Å². The van der Waals surface area contributed by atoms with Crippen LogP contribution in [0.2, 0.25) is 0 Å². The lowest BCUT2D eigenvalue weighted by Crippen LogP contribution is -2.62. The molecule has 3 heterocycles. The van der Waals surface area contributed by atoms with E-state index < -0.39 is 40.7 Å². The van der Waals surface area contributed by atoms with Crippen LogP contribution in [0.15, 0.2) is 30.3 Å². The largest absolute Gasteiger partial charge is 0.394 e. The summed E-state index contributed by atoms with van der Waals surface area (Å²) < 4.78 is 6.88. The highest BCUT2D eigenvalue weighted by molar-refractivity contribution is 6.02. The van der Waals surface area contributed by atoms with Crippen molar-refractivity contribution in [2.45, 2.75) is 116 Å². The number of benzene rings is 1. The van der Waals surface area contributed by atoms with E-state index in [1.54, 1.807) is 4.90 Å². The molecule has 222 valence electrons. The van der Waals surface area contributed by atoms with Crippen molar-refractivity contribution in [3.63, 3.8) is 0 Å². The number of aliphatic hydroxyl groups is 1. The molecule has 3 N–H and O–H groups in total. The van der Waals surface area contributed by atoms with E-state index >= 15 is 0 Å². The highest BCUT2D eigenvalue weighted by atomic mass is 16.5. The van der Waals surface area contributed by atoms with E-state index in [1.165, 1.54) is 0 Å². The third-order valence-corrected chi connectivity index (χ3v) is 9.47. The SMILES string of the molecule is CC[C@H](C)[C@H](CO)N1C(=O)[C@@H]2[C@H](C(=O)Nc3ccccc3)[C@]3(CC)CCC2(O3)C1C(=O)NC(C)(C)CC(C)(C)C. The minimum Gasteiger partial charge on any atom is -0.394 e. The monoisotopic (exact) mass is 555 g/mol. The zero-order valence-corrected chi connectivity index (χ0v) is 25.5. The molecule has 40 heavy (non-hydrogen) atoms. The van der Waals surface area contributed by atoms with Crippen molar-refractivity contribution in [1.82, 2.24) is 10.2 Å². The first-order chi connectivity index (χ1) is 18.6. The fraction of sp³-hybridized carbons (Fsp3) is 0.719. The van der Waals surface area contributed by atoms with Crippen LogP contribution in [0.25, 0.3) is 0 Å². The standard InChI is InChI=1S/C32H49N3O5/c1-9-20(3)22(18-36)35-25(27(38)34-30(7,8)19-29(4,5)6)32-17-16-31(10-2,40-32)23(24(32)28(35)39)26(37)33-21-14-12-11-13-15-21/h11-15,20,22-25,36H,9-10,16-19H2,1-8H3,(H,33,37)(H,34,38)/t20-,22-,23+,24-,25?,31-,32?/m0/s1. The second-order valence-corrected chi connectivity index (χ2v) is 14.2. The zero-order valence-electron chi connectivity index (χ0n) is 25.5. The van der Waals surface area contributed by atoms with E-state index in [-0.39, 0.29) is 35.7 Å². The number of amides is 3. The molecule has 3 saturated heterocycles. The summed E-state index contributed by atoms with van der Waals surface area (Å²) in [6, 6.07) is 7.73. The number of carbonyl (C=O) groups is 3. The summed E-state index contributed by atoms with van der Waals surface area (Å²) in [5, 5.41) is 16.8. The van der Waals surface area contributed by atoms with Gasteiger partial charge in [0.15, 0.2) is 0 Å². The van der Waals surface area contributed by atoms with Crippen molar-refractivity contribution in [3.8, 4) is 0 Å². The molecule has 8 nitrogen and oxygen atoms in total. The van der Waals surface area contributed by atoms with Crippen LogP contribution in [-0.4, -0.2) is 63.2 Å². The predicted octanol–water partition coefficient (Wildman–Crippen LogP) is 4.52. The third-order valence-electron chi connectivity index (χ3n) is 9.47. The van der Waals surface area contributed by atoms with Crippen LogP contribution in [0.4, 0.5) is 5.69 Å². The molecule has 0 aliphatic carbocycles. The number of nitrogens with zero attached hydrogens (tertiary/aromatic N) is 1. The minimum absolute atomic E-state index is 0.0255.